The zero-order valence-electron chi connectivity index (χ0n) is 11.4. The lowest BCUT2D eigenvalue weighted by Gasteiger charge is -2.17. The molecule has 19 heavy (non-hydrogen) atoms. The Hall–Kier alpha value is -1.38. The van der Waals surface area contributed by atoms with Gasteiger partial charge in [-0.1, -0.05) is 42.8 Å². The van der Waals surface area contributed by atoms with Crippen molar-refractivity contribution in [3.05, 3.63) is 64.4 Å². The van der Waals surface area contributed by atoms with Gasteiger partial charge in [0.25, 0.3) is 0 Å². The third kappa shape index (κ3) is 3.55. The molecule has 0 fully saturated rings. The highest BCUT2D eigenvalue weighted by molar-refractivity contribution is 6.31. The summed E-state index contributed by atoms with van der Waals surface area (Å²) in [7, 11) is 1.94. The Morgan fingerprint density at radius 2 is 1.84 bits per heavy atom. The molecule has 1 atom stereocenters. The first-order valence-corrected chi connectivity index (χ1v) is 6.98. The quantitative estimate of drug-likeness (QED) is 0.897. The Morgan fingerprint density at radius 3 is 2.42 bits per heavy atom. The van der Waals surface area contributed by atoms with E-state index >= 15 is 0 Å². The molecule has 2 nitrogen and oxygen atoms in total. The molecule has 0 aliphatic rings. The summed E-state index contributed by atoms with van der Waals surface area (Å²) >= 11 is 6.21. The molecule has 2 aromatic rings. The third-order valence-electron chi connectivity index (χ3n) is 3.34. The average Bonchev–Trinajstić information content (AvgIpc) is 2.46. The standard InChI is InChI=1S/C16H19ClN2/c1-3-12-6-8-13(9-7-12)11-15(18-2)16-14(17)5-4-10-19-16/h4-10,15,18H,3,11H2,1-2H3. The van der Waals surface area contributed by atoms with Crippen LogP contribution in [0.5, 0.6) is 0 Å². The Morgan fingerprint density at radius 1 is 1.16 bits per heavy atom. The van der Waals surface area contributed by atoms with Crippen molar-refractivity contribution in [1.82, 2.24) is 10.3 Å². The smallest absolute Gasteiger partial charge is 0.0762 e. The molecule has 0 amide bonds. The number of likely N-dealkylation sites (N-methyl/N-ethyl adjacent to an activating group) is 1. The van der Waals surface area contributed by atoms with Crippen LogP contribution < -0.4 is 5.32 Å². The number of nitrogens with one attached hydrogen (secondary N) is 1. The highest BCUT2D eigenvalue weighted by Gasteiger charge is 2.14. The molecule has 0 spiro atoms. The van der Waals surface area contributed by atoms with Crippen LogP contribution in [0.25, 0.3) is 0 Å². The van der Waals surface area contributed by atoms with E-state index in [0.29, 0.717) is 5.02 Å². The molecule has 0 saturated carbocycles. The Bertz CT molecular complexity index is 523. The first-order valence-electron chi connectivity index (χ1n) is 6.60. The molecule has 1 unspecified atom stereocenters. The van der Waals surface area contributed by atoms with Gasteiger partial charge in [0.05, 0.1) is 16.8 Å². The van der Waals surface area contributed by atoms with Gasteiger partial charge in [0, 0.05) is 6.20 Å². The second-order valence-corrected chi connectivity index (χ2v) is 4.99. The average molecular weight is 275 g/mol. The SMILES string of the molecule is CCc1ccc(CC(NC)c2ncccc2Cl)cc1. The predicted octanol–water partition coefficient (Wildman–Crippen LogP) is 3.80. The zero-order valence-corrected chi connectivity index (χ0v) is 12.1. The van der Waals surface area contributed by atoms with E-state index in [4.69, 9.17) is 11.6 Å². The number of halogens is 1. The van der Waals surface area contributed by atoms with Crippen molar-refractivity contribution >= 4 is 11.6 Å². The van der Waals surface area contributed by atoms with E-state index in [1.165, 1.54) is 11.1 Å². The van der Waals surface area contributed by atoms with Crippen LogP contribution in [-0.4, -0.2) is 12.0 Å². The third-order valence-corrected chi connectivity index (χ3v) is 3.66. The molecule has 0 aliphatic heterocycles. The molecular weight excluding hydrogens is 256 g/mol. The highest BCUT2D eigenvalue weighted by Crippen LogP contribution is 2.23. The molecule has 0 bridgehead atoms. The van der Waals surface area contributed by atoms with Gasteiger partial charge in [-0.25, -0.2) is 0 Å². The van der Waals surface area contributed by atoms with Crippen molar-refractivity contribution in [2.24, 2.45) is 0 Å². The molecule has 1 aromatic heterocycles. The Labute approximate surface area is 119 Å². The van der Waals surface area contributed by atoms with Crippen molar-refractivity contribution in [3.8, 4) is 0 Å². The first-order chi connectivity index (χ1) is 9.24. The summed E-state index contributed by atoms with van der Waals surface area (Å²) in [5.74, 6) is 0. The van der Waals surface area contributed by atoms with Gasteiger partial charge in [-0.3, -0.25) is 4.98 Å². The second kappa shape index (κ2) is 6.69. The van der Waals surface area contributed by atoms with Gasteiger partial charge in [0.15, 0.2) is 0 Å². The summed E-state index contributed by atoms with van der Waals surface area (Å²) < 4.78 is 0. The second-order valence-electron chi connectivity index (χ2n) is 4.59. The van der Waals surface area contributed by atoms with Crippen molar-refractivity contribution in [1.29, 1.82) is 0 Å². The molecule has 2 rings (SSSR count). The normalized spacial score (nSPS) is 12.4. The fourth-order valence-corrected chi connectivity index (χ4v) is 2.39. The lowest BCUT2D eigenvalue weighted by Crippen LogP contribution is -2.20. The number of pyridine rings is 1. The summed E-state index contributed by atoms with van der Waals surface area (Å²) in [6.45, 7) is 2.17. The maximum atomic E-state index is 6.21. The minimum absolute atomic E-state index is 0.140. The van der Waals surface area contributed by atoms with Crippen LogP contribution in [0.15, 0.2) is 42.6 Å². The Balaban J connectivity index is 2.17. The number of aryl methyl sites for hydroxylation is 1. The van der Waals surface area contributed by atoms with Crippen LogP contribution in [-0.2, 0) is 12.8 Å². The molecule has 1 aromatic carbocycles. The maximum Gasteiger partial charge on any atom is 0.0762 e. The number of benzene rings is 1. The minimum atomic E-state index is 0.140. The lowest BCUT2D eigenvalue weighted by atomic mass is 10.0. The maximum absolute atomic E-state index is 6.21. The van der Waals surface area contributed by atoms with E-state index in [1.807, 2.05) is 19.2 Å². The van der Waals surface area contributed by atoms with E-state index in [9.17, 15) is 0 Å². The van der Waals surface area contributed by atoms with Crippen LogP contribution in [0, 0.1) is 0 Å². The van der Waals surface area contributed by atoms with E-state index in [2.05, 4.69) is 41.5 Å². The fraction of sp³-hybridized carbons (Fsp3) is 0.312. The number of hydrogen-bond acceptors (Lipinski definition) is 2. The largest absolute Gasteiger partial charge is 0.311 e. The summed E-state index contributed by atoms with van der Waals surface area (Å²) in [5, 5.41) is 4.00. The van der Waals surface area contributed by atoms with Gasteiger partial charge in [0.1, 0.15) is 0 Å². The van der Waals surface area contributed by atoms with Crippen LogP contribution in [0.1, 0.15) is 29.8 Å². The predicted molar refractivity (Wildman–Crippen MR) is 80.6 cm³/mol. The summed E-state index contributed by atoms with van der Waals surface area (Å²) in [6.07, 6.45) is 3.74. The summed E-state index contributed by atoms with van der Waals surface area (Å²) in [6, 6.07) is 12.6. The van der Waals surface area contributed by atoms with Crippen LogP contribution in [0.4, 0.5) is 0 Å². The van der Waals surface area contributed by atoms with Gasteiger partial charge in [-0.2, -0.15) is 0 Å². The molecule has 1 N–H and O–H groups in total. The topological polar surface area (TPSA) is 24.9 Å². The zero-order chi connectivity index (χ0) is 13.7. The Kier molecular flexibility index (Phi) is 4.94. The highest BCUT2D eigenvalue weighted by atomic mass is 35.5. The molecule has 3 heteroatoms. The first kappa shape index (κ1) is 14.0. The van der Waals surface area contributed by atoms with Crippen LogP contribution in [0.2, 0.25) is 5.02 Å². The number of aromatic nitrogens is 1. The van der Waals surface area contributed by atoms with E-state index in [-0.39, 0.29) is 6.04 Å². The van der Waals surface area contributed by atoms with Crippen molar-refractivity contribution < 1.29 is 0 Å². The summed E-state index contributed by atoms with van der Waals surface area (Å²) in [5.41, 5.74) is 3.56. The number of hydrogen-bond donors (Lipinski definition) is 1. The van der Waals surface area contributed by atoms with Gasteiger partial charge in [0.2, 0.25) is 0 Å². The number of rotatable bonds is 5. The van der Waals surface area contributed by atoms with E-state index < -0.39 is 0 Å². The monoisotopic (exact) mass is 274 g/mol. The summed E-state index contributed by atoms with van der Waals surface area (Å²) in [4.78, 5) is 4.38. The number of nitrogens with zero attached hydrogens (tertiary/aromatic N) is 1. The van der Waals surface area contributed by atoms with Crippen molar-refractivity contribution in [2.45, 2.75) is 25.8 Å². The van der Waals surface area contributed by atoms with Gasteiger partial charge in [-0.05, 0) is 43.1 Å². The van der Waals surface area contributed by atoms with Crippen molar-refractivity contribution in [3.63, 3.8) is 0 Å². The molecule has 0 saturated heterocycles. The molecule has 0 aliphatic carbocycles. The van der Waals surface area contributed by atoms with Crippen LogP contribution in [0.3, 0.4) is 0 Å². The molecule has 100 valence electrons. The van der Waals surface area contributed by atoms with E-state index in [0.717, 1.165) is 18.5 Å². The molecule has 1 heterocycles. The lowest BCUT2D eigenvalue weighted by molar-refractivity contribution is 0.576. The van der Waals surface area contributed by atoms with Gasteiger partial charge >= 0.3 is 0 Å². The molecular formula is C16H19ClN2. The van der Waals surface area contributed by atoms with E-state index in [1.54, 1.807) is 6.20 Å². The van der Waals surface area contributed by atoms with Crippen molar-refractivity contribution in [2.75, 3.05) is 7.05 Å². The van der Waals surface area contributed by atoms with Gasteiger partial charge in [-0.15, -0.1) is 0 Å². The fourth-order valence-electron chi connectivity index (χ4n) is 2.14. The van der Waals surface area contributed by atoms with Gasteiger partial charge < -0.3 is 5.32 Å². The molecule has 0 radical (unpaired) electrons. The van der Waals surface area contributed by atoms with Crippen LogP contribution >= 0.6 is 11.6 Å². The minimum Gasteiger partial charge on any atom is -0.311 e.